The van der Waals surface area contributed by atoms with Crippen LogP contribution in [0.25, 0.3) is 0 Å². The van der Waals surface area contributed by atoms with Gasteiger partial charge in [0.15, 0.2) is 11.1 Å². The lowest BCUT2D eigenvalue weighted by Crippen LogP contribution is -2.01. The lowest BCUT2D eigenvalue weighted by molar-refractivity contribution is 0.377. The Morgan fingerprint density at radius 3 is 2.89 bits per heavy atom. The minimum absolute atomic E-state index is 0.370. The highest BCUT2D eigenvalue weighted by atomic mass is 35.5. The van der Waals surface area contributed by atoms with Crippen LogP contribution in [0.5, 0.6) is 0 Å². The van der Waals surface area contributed by atoms with Crippen molar-refractivity contribution in [2.45, 2.75) is 0 Å². The third-order valence-corrected chi connectivity index (χ3v) is 2.80. The van der Waals surface area contributed by atoms with Gasteiger partial charge in [0.1, 0.15) is 0 Å². The van der Waals surface area contributed by atoms with Crippen molar-refractivity contribution in [3.63, 3.8) is 0 Å². The number of thioether (sulfide) groups is 1. The summed E-state index contributed by atoms with van der Waals surface area (Å²) < 4.78 is 15.4. The Hall–Kier alpha value is 0.750. The zero-order chi connectivity index (χ0) is 7.11. The Kier molecular flexibility index (Phi) is 7.44. The molecule has 1 unspecified atom stereocenters. The highest BCUT2D eigenvalue weighted by Crippen LogP contribution is 1.97. The van der Waals surface area contributed by atoms with Crippen molar-refractivity contribution < 1.29 is 8.39 Å². The van der Waals surface area contributed by atoms with Crippen LogP contribution in [0, 0.1) is 0 Å². The normalized spacial score (nSPS) is 13.6. The lowest BCUT2D eigenvalue weighted by atomic mass is 10.9. The molecule has 0 saturated carbocycles. The summed E-state index contributed by atoms with van der Waals surface area (Å²) in [6.45, 7) is 0.370. The van der Waals surface area contributed by atoms with Crippen LogP contribution >= 0.6 is 23.4 Å². The quantitative estimate of drug-likeness (QED) is 0.608. The van der Waals surface area contributed by atoms with E-state index < -0.39 is 11.1 Å². The predicted molar refractivity (Wildman–Crippen MR) is 43.2 cm³/mol. The van der Waals surface area contributed by atoms with E-state index in [-0.39, 0.29) is 0 Å². The molecule has 0 aromatic heterocycles. The third kappa shape index (κ3) is 6.64. The van der Waals surface area contributed by atoms with Crippen molar-refractivity contribution >= 4 is 34.4 Å². The number of alkyl halides is 1. The second kappa shape index (κ2) is 6.86. The van der Waals surface area contributed by atoms with Crippen molar-refractivity contribution in [3.8, 4) is 0 Å². The van der Waals surface area contributed by atoms with Gasteiger partial charge < -0.3 is 0 Å². The summed E-state index contributed by atoms with van der Waals surface area (Å²) >= 11 is 5.63. The summed E-state index contributed by atoms with van der Waals surface area (Å²) in [5.41, 5.74) is 0. The molecular weight excluding hydrogens is 180 g/mol. The summed E-state index contributed by atoms with van der Waals surface area (Å²) in [5, 5.41) is 0.525. The Bertz CT molecular complexity index is 88.6. The predicted octanol–water partition coefficient (Wildman–Crippen LogP) is 1.23. The van der Waals surface area contributed by atoms with E-state index >= 15 is 0 Å². The molecule has 1 atom stereocenters. The van der Waals surface area contributed by atoms with E-state index in [1.165, 1.54) is 11.8 Å². The zero-order valence-corrected chi connectivity index (χ0v) is 7.52. The summed E-state index contributed by atoms with van der Waals surface area (Å²) in [6, 6.07) is 0. The van der Waals surface area contributed by atoms with Crippen LogP contribution in [0.4, 0.5) is 0 Å². The van der Waals surface area contributed by atoms with Crippen LogP contribution in [0.3, 0.4) is 0 Å². The average Bonchev–Trinajstić information content (AvgIpc) is 1.85. The van der Waals surface area contributed by atoms with Gasteiger partial charge in [-0.3, -0.25) is 4.18 Å². The van der Waals surface area contributed by atoms with Gasteiger partial charge in [-0.2, -0.15) is 0 Å². The van der Waals surface area contributed by atoms with E-state index in [4.69, 9.17) is 15.8 Å². The minimum Gasteiger partial charge on any atom is -0.289 e. The second-order valence-corrected chi connectivity index (χ2v) is 3.96. The summed E-state index contributed by atoms with van der Waals surface area (Å²) in [6.07, 6.45) is 1.88. The van der Waals surface area contributed by atoms with Crippen LogP contribution in [0.15, 0.2) is 0 Å². The first-order valence-corrected chi connectivity index (χ1v) is 5.55. The van der Waals surface area contributed by atoms with E-state index in [1.807, 2.05) is 6.26 Å². The first kappa shape index (κ1) is 9.75. The molecule has 2 nitrogen and oxygen atoms in total. The first-order valence-electron chi connectivity index (χ1n) is 2.37. The van der Waals surface area contributed by atoms with Crippen molar-refractivity contribution in [1.82, 2.24) is 0 Å². The van der Waals surface area contributed by atoms with Crippen molar-refractivity contribution in [2.24, 2.45) is 0 Å². The maximum atomic E-state index is 10.6. The maximum Gasteiger partial charge on any atom is 0.165 e. The molecule has 0 amide bonds. The fraction of sp³-hybridized carbons (Fsp3) is 1.00. The van der Waals surface area contributed by atoms with Gasteiger partial charge in [0.05, 0.1) is 11.7 Å². The van der Waals surface area contributed by atoms with E-state index in [2.05, 4.69) is 0 Å². The Morgan fingerprint density at radius 2 is 2.44 bits per heavy atom. The number of hydrogen-bond acceptors (Lipinski definition) is 3. The van der Waals surface area contributed by atoms with E-state index in [0.717, 1.165) is 0 Å². The van der Waals surface area contributed by atoms with E-state index in [0.29, 0.717) is 17.6 Å². The van der Waals surface area contributed by atoms with Crippen LogP contribution in [0.1, 0.15) is 0 Å². The monoisotopic (exact) mass is 188 g/mol. The van der Waals surface area contributed by atoms with Gasteiger partial charge in [0.2, 0.25) is 0 Å². The van der Waals surface area contributed by atoms with Gasteiger partial charge in [-0.25, -0.2) is 4.21 Å². The molecule has 0 saturated heterocycles. The standard InChI is InChI=1S/C4H9ClO2S2/c1-8-4-9(6)7-3-2-5/h2-4H2,1H3. The highest BCUT2D eigenvalue weighted by molar-refractivity contribution is 8.08. The largest absolute Gasteiger partial charge is 0.289 e. The second-order valence-electron chi connectivity index (χ2n) is 1.22. The molecule has 0 aromatic rings. The fourth-order valence-electron chi connectivity index (χ4n) is 0.255. The zero-order valence-electron chi connectivity index (χ0n) is 5.13. The molecule has 0 spiro atoms. The molecule has 0 radical (unpaired) electrons. The molecule has 0 aliphatic carbocycles. The Balaban J connectivity index is 3.06. The molecule has 0 bridgehead atoms. The lowest BCUT2D eigenvalue weighted by Gasteiger charge is -1.96. The van der Waals surface area contributed by atoms with Gasteiger partial charge in [-0.15, -0.1) is 23.4 Å². The molecule has 5 heteroatoms. The molecule has 0 heterocycles. The van der Waals surface area contributed by atoms with Gasteiger partial charge in [0.25, 0.3) is 0 Å². The smallest absolute Gasteiger partial charge is 0.165 e. The van der Waals surface area contributed by atoms with Crippen molar-refractivity contribution in [3.05, 3.63) is 0 Å². The molecule has 56 valence electrons. The summed E-state index contributed by atoms with van der Waals surface area (Å²) in [7, 11) is 0. The first-order chi connectivity index (χ1) is 4.31. The van der Waals surface area contributed by atoms with Crippen LogP contribution in [-0.4, -0.2) is 28.0 Å². The van der Waals surface area contributed by atoms with Crippen LogP contribution in [0.2, 0.25) is 0 Å². The molecule has 9 heavy (non-hydrogen) atoms. The third-order valence-electron chi connectivity index (χ3n) is 0.506. The van der Waals surface area contributed by atoms with E-state index in [1.54, 1.807) is 0 Å². The summed E-state index contributed by atoms with van der Waals surface area (Å²) in [4.78, 5) is 0. The van der Waals surface area contributed by atoms with Crippen molar-refractivity contribution in [2.75, 3.05) is 23.8 Å². The molecule has 0 rings (SSSR count). The molecule has 0 N–H and O–H groups in total. The molecule has 0 aromatic carbocycles. The van der Waals surface area contributed by atoms with E-state index in [9.17, 15) is 4.21 Å². The van der Waals surface area contributed by atoms with Gasteiger partial charge in [-0.1, -0.05) is 0 Å². The minimum atomic E-state index is -1.14. The Morgan fingerprint density at radius 1 is 1.78 bits per heavy atom. The topological polar surface area (TPSA) is 26.3 Å². The SMILES string of the molecule is CSCS(=O)OCCCl. The number of hydrogen-bond donors (Lipinski definition) is 0. The van der Waals surface area contributed by atoms with Crippen LogP contribution < -0.4 is 0 Å². The van der Waals surface area contributed by atoms with Gasteiger partial charge in [-0.05, 0) is 6.26 Å². The molecular formula is C4H9ClO2S2. The van der Waals surface area contributed by atoms with Crippen molar-refractivity contribution in [1.29, 1.82) is 0 Å². The number of rotatable bonds is 5. The molecule has 0 aliphatic rings. The fourth-order valence-corrected chi connectivity index (χ4v) is 1.73. The molecule has 0 aliphatic heterocycles. The highest BCUT2D eigenvalue weighted by Gasteiger charge is 1.95. The average molecular weight is 189 g/mol. The Labute approximate surface area is 67.0 Å². The van der Waals surface area contributed by atoms with Crippen LogP contribution in [-0.2, 0) is 15.3 Å². The van der Waals surface area contributed by atoms with Gasteiger partial charge >= 0.3 is 0 Å². The molecule has 0 fully saturated rings. The van der Waals surface area contributed by atoms with Gasteiger partial charge in [0, 0.05) is 5.88 Å². The maximum absolute atomic E-state index is 10.6. The summed E-state index contributed by atoms with van der Waals surface area (Å²) in [5.74, 6) is 0.403. The number of halogens is 1.